The van der Waals surface area contributed by atoms with E-state index < -0.39 is 5.79 Å². The summed E-state index contributed by atoms with van der Waals surface area (Å²) < 4.78 is 17.0. The number of fused-ring (bicyclic) bond motifs is 2. The molecular weight excluding hydrogens is 220 g/mol. The minimum absolute atomic E-state index is 0.305. The Balaban J connectivity index is 2.20. The van der Waals surface area contributed by atoms with Gasteiger partial charge in [0.25, 0.3) is 0 Å². The van der Waals surface area contributed by atoms with Gasteiger partial charge in [-0.1, -0.05) is 0 Å². The van der Waals surface area contributed by atoms with Gasteiger partial charge >= 0.3 is 0 Å². The topological polar surface area (TPSA) is 47.9 Å². The molecule has 1 aliphatic carbocycles. The summed E-state index contributed by atoms with van der Waals surface area (Å²) in [7, 11) is 1.63. The minimum Gasteiger partial charge on any atom is -0.508 e. The van der Waals surface area contributed by atoms with Crippen LogP contribution in [0, 0.1) is 0 Å². The Labute approximate surface area is 100 Å². The first-order valence-corrected chi connectivity index (χ1v) is 5.94. The third-order valence-corrected chi connectivity index (χ3v) is 3.54. The largest absolute Gasteiger partial charge is 0.508 e. The summed E-state index contributed by atoms with van der Waals surface area (Å²) in [5.74, 6) is 0.343. The van der Waals surface area contributed by atoms with E-state index >= 15 is 0 Å². The van der Waals surface area contributed by atoms with Gasteiger partial charge in [-0.05, 0) is 25.0 Å². The Morgan fingerprint density at radius 3 is 2.76 bits per heavy atom. The second kappa shape index (κ2) is 3.89. The van der Waals surface area contributed by atoms with Gasteiger partial charge < -0.3 is 19.3 Å². The van der Waals surface area contributed by atoms with Crippen molar-refractivity contribution in [3.05, 3.63) is 23.3 Å². The molecule has 1 heterocycles. The maximum Gasteiger partial charge on any atom is 0.198 e. The molecule has 0 amide bonds. The zero-order valence-electron chi connectivity index (χ0n) is 9.86. The van der Waals surface area contributed by atoms with Crippen LogP contribution >= 0.6 is 0 Å². The van der Waals surface area contributed by atoms with Gasteiger partial charge in [0.15, 0.2) is 5.79 Å². The van der Waals surface area contributed by atoms with Crippen LogP contribution in [-0.2, 0) is 21.7 Å². The van der Waals surface area contributed by atoms with E-state index in [1.807, 2.05) is 0 Å². The fourth-order valence-electron chi connectivity index (χ4n) is 2.82. The highest BCUT2D eigenvalue weighted by atomic mass is 16.7. The van der Waals surface area contributed by atoms with Gasteiger partial charge in [-0.2, -0.15) is 0 Å². The number of phenolic OH excluding ortho intramolecular Hbond substituents is 1. The fourth-order valence-corrected chi connectivity index (χ4v) is 2.82. The van der Waals surface area contributed by atoms with E-state index in [4.69, 9.17) is 14.2 Å². The highest BCUT2D eigenvalue weighted by Gasteiger charge is 2.45. The average molecular weight is 236 g/mol. The van der Waals surface area contributed by atoms with Crippen molar-refractivity contribution in [3.8, 4) is 11.5 Å². The van der Waals surface area contributed by atoms with Crippen LogP contribution in [0.2, 0.25) is 0 Å². The Kier molecular flexibility index (Phi) is 2.49. The predicted molar refractivity (Wildman–Crippen MR) is 61.2 cm³/mol. The van der Waals surface area contributed by atoms with Crippen molar-refractivity contribution in [2.24, 2.45) is 0 Å². The van der Waals surface area contributed by atoms with E-state index in [0.717, 1.165) is 36.1 Å². The first-order valence-electron chi connectivity index (χ1n) is 5.94. The van der Waals surface area contributed by atoms with E-state index in [2.05, 4.69) is 0 Å². The number of phenols is 1. The number of ether oxygens (including phenoxy) is 3. The van der Waals surface area contributed by atoms with Gasteiger partial charge in [0, 0.05) is 12.0 Å². The maximum atomic E-state index is 9.95. The molecule has 2 aliphatic rings. The summed E-state index contributed by atoms with van der Waals surface area (Å²) in [4.78, 5) is 0. The van der Waals surface area contributed by atoms with Gasteiger partial charge in [-0.3, -0.25) is 0 Å². The number of hydrogen-bond acceptors (Lipinski definition) is 4. The molecule has 0 unspecified atom stereocenters. The quantitative estimate of drug-likeness (QED) is 0.809. The Morgan fingerprint density at radius 2 is 2.06 bits per heavy atom. The van der Waals surface area contributed by atoms with Crippen LogP contribution in [0.5, 0.6) is 11.5 Å². The Bertz CT molecular complexity index is 435. The van der Waals surface area contributed by atoms with Crippen LogP contribution < -0.4 is 4.74 Å². The molecule has 3 rings (SSSR count). The summed E-state index contributed by atoms with van der Waals surface area (Å²) in [5, 5.41) is 9.95. The summed E-state index contributed by atoms with van der Waals surface area (Å²) in [6.07, 6.45) is 2.61. The van der Waals surface area contributed by atoms with Gasteiger partial charge in [0.1, 0.15) is 11.5 Å². The molecule has 1 fully saturated rings. The molecule has 0 atom stereocenters. The van der Waals surface area contributed by atoms with Gasteiger partial charge in [-0.25, -0.2) is 0 Å². The minimum atomic E-state index is -0.697. The smallest absolute Gasteiger partial charge is 0.198 e. The van der Waals surface area contributed by atoms with Crippen molar-refractivity contribution in [1.29, 1.82) is 0 Å². The SMILES string of the molecule is COc1ccc(O)c2c1C1(CCC2)OCCO1. The normalized spacial score (nSPS) is 21.5. The first kappa shape index (κ1) is 10.9. The lowest BCUT2D eigenvalue weighted by molar-refractivity contribution is -0.176. The van der Waals surface area contributed by atoms with Crippen molar-refractivity contribution < 1.29 is 19.3 Å². The molecule has 92 valence electrons. The second-order valence-electron chi connectivity index (χ2n) is 4.44. The monoisotopic (exact) mass is 236 g/mol. The molecule has 1 aromatic rings. The molecule has 1 spiro atoms. The van der Waals surface area contributed by atoms with Gasteiger partial charge in [0.2, 0.25) is 0 Å². The molecule has 4 heteroatoms. The van der Waals surface area contributed by atoms with Crippen LogP contribution in [0.25, 0.3) is 0 Å². The number of aromatic hydroxyl groups is 1. The van der Waals surface area contributed by atoms with E-state index in [-0.39, 0.29) is 0 Å². The zero-order valence-corrected chi connectivity index (χ0v) is 9.86. The Hall–Kier alpha value is -1.26. The molecule has 0 bridgehead atoms. The van der Waals surface area contributed by atoms with Crippen molar-refractivity contribution >= 4 is 0 Å². The van der Waals surface area contributed by atoms with Crippen LogP contribution in [0.15, 0.2) is 12.1 Å². The fraction of sp³-hybridized carbons (Fsp3) is 0.538. The lowest BCUT2D eigenvalue weighted by atomic mass is 9.85. The van der Waals surface area contributed by atoms with E-state index in [0.29, 0.717) is 19.0 Å². The molecule has 17 heavy (non-hydrogen) atoms. The number of methoxy groups -OCH3 is 1. The van der Waals surface area contributed by atoms with E-state index in [1.165, 1.54) is 0 Å². The third kappa shape index (κ3) is 1.51. The lowest BCUT2D eigenvalue weighted by Crippen LogP contribution is -2.32. The highest BCUT2D eigenvalue weighted by Crippen LogP contribution is 2.48. The van der Waals surface area contributed by atoms with Crippen LogP contribution in [0.4, 0.5) is 0 Å². The summed E-state index contributed by atoms with van der Waals surface area (Å²) in [5.41, 5.74) is 1.78. The van der Waals surface area contributed by atoms with Gasteiger partial charge in [-0.15, -0.1) is 0 Å². The summed E-state index contributed by atoms with van der Waals surface area (Å²) in [6.45, 7) is 1.19. The van der Waals surface area contributed by atoms with Gasteiger partial charge in [0.05, 0.1) is 25.9 Å². The molecule has 4 nitrogen and oxygen atoms in total. The molecule has 0 saturated carbocycles. The lowest BCUT2D eigenvalue weighted by Gasteiger charge is -2.35. The van der Waals surface area contributed by atoms with Crippen molar-refractivity contribution in [2.45, 2.75) is 25.0 Å². The molecule has 0 radical (unpaired) electrons. The van der Waals surface area contributed by atoms with Crippen LogP contribution in [0.1, 0.15) is 24.0 Å². The molecule has 1 saturated heterocycles. The Morgan fingerprint density at radius 1 is 1.29 bits per heavy atom. The van der Waals surface area contributed by atoms with E-state index in [1.54, 1.807) is 19.2 Å². The summed E-state index contributed by atoms with van der Waals surface area (Å²) in [6, 6.07) is 3.44. The molecule has 1 N–H and O–H groups in total. The van der Waals surface area contributed by atoms with Crippen LogP contribution in [-0.4, -0.2) is 25.4 Å². The highest BCUT2D eigenvalue weighted by molar-refractivity contribution is 5.52. The molecule has 0 aromatic heterocycles. The molecule has 1 aromatic carbocycles. The summed E-state index contributed by atoms with van der Waals surface area (Å²) >= 11 is 0. The van der Waals surface area contributed by atoms with Crippen molar-refractivity contribution in [2.75, 3.05) is 20.3 Å². The average Bonchev–Trinajstić information content (AvgIpc) is 2.80. The number of benzene rings is 1. The molecule has 1 aliphatic heterocycles. The maximum absolute atomic E-state index is 9.95. The third-order valence-electron chi connectivity index (χ3n) is 3.54. The zero-order chi connectivity index (χ0) is 11.9. The van der Waals surface area contributed by atoms with Crippen LogP contribution in [0.3, 0.4) is 0 Å². The van der Waals surface area contributed by atoms with Crippen molar-refractivity contribution in [1.82, 2.24) is 0 Å². The number of rotatable bonds is 1. The van der Waals surface area contributed by atoms with Crippen molar-refractivity contribution in [3.63, 3.8) is 0 Å². The van der Waals surface area contributed by atoms with E-state index in [9.17, 15) is 5.11 Å². The number of hydrogen-bond donors (Lipinski definition) is 1. The predicted octanol–water partition coefficient (Wildman–Crippen LogP) is 1.94. The molecular formula is C13H16O4. The second-order valence-corrected chi connectivity index (χ2v) is 4.44. The first-order chi connectivity index (χ1) is 8.27. The standard InChI is InChI=1S/C13H16O4/c1-15-11-5-4-10(14)9-3-2-6-13(12(9)11)16-7-8-17-13/h4-5,14H,2-3,6-8H2,1H3.